The van der Waals surface area contributed by atoms with Gasteiger partial charge in [0.1, 0.15) is 5.82 Å². The summed E-state index contributed by atoms with van der Waals surface area (Å²) in [6.07, 6.45) is 0. The van der Waals surface area contributed by atoms with Gasteiger partial charge in [-0.25, -0.2) is 4.39 Å². The van der Waals surface area contributed by atoms with Crippen molar-refractivity contribution in [3.8, 4) is 0 Å². The van der Waals surface area contributed by atoms with Crippen LogP contribution in [-0.2, 0) is 4.74 Å². The van der Waals surface area contributed by atoms with E-state index in [2.05, 4.69) is 5.32 Å². The number of halogens is 1. The summed E-state index contributed by atoms with van der Waals surface area (Å²) in [4.78, 5) is 0. The summed E-state index contributed by atoms with van der Waals surface area (Å²) in [6.45, 7) is 1.39. The Morgan fingerprint density at radius 1 is 1.33 bits per heavy atom. The number of methoxy groups -OCH3 is 1. The van der Waals surface area contributed by atoms with Crippen LogP contribution < -0.4 is 5.32 Å². The van der Waals surface area contributed by atoms with E-state index in [0.29, 0.717) is 6.61 Å². The number of hydrogen-bond donors (Lipinski definition) is 1. The van der Waals surface area contributed by atoms with Crippen molar-refractivity contribution >= 4 is 5.69 Å². The summed E-state index contributed by atoms with van der Waals surface area (Å²) in [6, 6.07) is 6.25. The molecule has 0 aliphatic heterocycles. The van der Waals surface area contributed by atoms with Crippen LogP contribution in [-0.4, -0.2) is 20.3 Å². The lowest BCUT2D eigenvalue weighted by molar-refractivity contribution is 0.211. The molecule has 0 atom stereocenters. The highest BCUT2D eigenvalue weighted by Crippen LogP contribution is 2.07. The average Bonchev–Trinajstić information content (AvgIpc) is 2.09. The van der Waals surface area contributed by atoms with Gasteiger partial charge in [0.15, 0.2) is 0 Å². The topological polar surface area (TPSA) is 21.3 Å². The first-order valence-corrected chi connectivity index (χ1v) is 3.81. The first-order valence-electron chi connectivity index (χ1n) is 3.81. The molecule has 2 nitrogen and oxygen atoms in total. The highest BCUT2D eigenvalue weighted by molar-refractivity contribution is 5.42. The quantitative estimate of drug-likeness (QED) is 0.695. The molecule has 0 saturated carbocycles. The van der Waals surface area contributed by atoms with Crippen molar-refractivity contribution in [2.45, 2.75) is 0 Å². The maximum atomic E-state index is 12.4. The van der Waals surface area contributed by atoms with Gasteiger partial charge in [-0.1, -0.05) is 0 Å². The number of benzene rings is 1. The van der Waals surface area contributed by atoms with E-state index in [4.69, 9.17) is 4.74 Å². The molecule has 1 rings (SSSR count). The molecule has 1 N–H and O–H groups in total. The molecule has 0 spiro atoms. The van der Waals surface area contributed by atoms with Crippen molar-refractivity contribution < 1.29 is 9.13 Å². The molecular formula is C9H12FNO. The Morgan fingerprint density at radius 2 is 2.00 bits per heavy atom. The van der Waals surface area contributed by atoms with E-state index in [1.54, 1.807) is 19.2 Å². The molecule has 3 heteroatoms. The normalized spacial score (nSPS) is 9.83. The van der Waals surface area contributed by atoms with Crippen LogP contribution in [0.25, 0.3) is 0 Å². The monoisotopic (exact) mass is 169 g/mol. The van der Waals surface area contributed by atoms with Crippen LogP contribution in [0.3, 0.4) is 0 Å². The fraction of sp³-hybridized carbons (Fsp3) is 0.333. The van der Waals surface area contributed by atoms with Crippen LogP contribution in [0.2, 0.25) is 0 Å². The Kier molecular flexibility index (Phi) is 3.54. The molecule has 0 fully saturated rings. The van der Waals surface area contributed by atoms with Crippen LogP contribution in [0, 0.1) is 5.82 Å². The van der Waals surface area contributed by atoms with Gasteiger partial charge in [-0.05, 0) is 24.3 Å². The van der Waals surface area contributed by atoms with E-state index in [1.165, 1.54) is 12.1 Å². The molecule has 0 heterocycles. The van der Waals surface area contributed by atoms with Gasteiger partial charge in [-0.3, -0.25) is 0 Å². The smallest absolute Gasteiger partial charge is 0.123 e. The Bertz CT molecular complexity index is 222. The third-order valence-electron chi connectivity index (χ3n) is 1.48. The van der Waals surface area contributed by atoms with E-state index in [-0.39, 0.29) is 5.82 Å². The molecule has 12 heavy (non-hydrogen) atoms. The predicted molar refractivity (Wildman–Crippen MR) is 46.8 cm³/mol. The van der Waals surface area contributed by atoms with Gasteiger partial charge in [0.05, 0.1) is 6.61 Å². The second-order valence-corrected chi connectivity index (χ2v) is 2.43. The summed E-state index contributed by atoms with van der Waals surface area (Å²) in [5.74, 6) is -0.215. The van der Waals surface area contributed by atoms with E-state index in [1.807, 2.05) is 0 Å². The van der Waals surface area contributed by atoms with Gasteiger partial charge in [0.2, 0.25) is 0 Å². The van der Waals surface area contributed by atoms with Crippen molar-refractivity contribution in [1.82, 2.24) is 0 Å². The zero-order chi connectivity index (χ0) is 8.81. The third kappa shape index (κ3) is 2.88. The molecule has 0 amide bonds. The molecule has 1 aromatic rings. The first kappa shape index (κ1) is 9.00. The van der Waals surface area contributed by atoms with Crippen molar-refractivity contribution in [2.24, 2.45) is 0 Å². The lowest BCUT2D eigenvalue weighted by Crippen LogP contribution is -2.07. The van der Waals surface area contributed by atoms with Crippen molar-refractivity contribution in [3.63, 3.8) is 0 Å². The average molecular weight is 169 g/mol. The number of rotatable bonds is 4. The SMILES string of the molecule is COCCNc1ccc(F)cc1. The number of hydrogen-bond acceptors (Lipinski definition) is 2. The minimum atomic E-state index is -0.215. The van der Waals surface area contributed by atoms with Crippen molar-refractivity contribution in [2.75, 3.05) is 25.6 Å². The number of anilines is 1. The third-order valence-corrected chi connectivity index (χ3v) is 1.48. The van der Waals surface area contributed by atoms with Crippen LogP contribution in [0.4, 0.5) is 10.1 Å². The Balaban J connectivity index is 2.37. The van der Waals surface area contributed by atoms with Crippen LogP contribution in [0.15, 0.2) is 24.3 Å². The maximum absolute atomic E-state index is 12.4. The Hall–Kier alpha value is -1.09. The molecule has 0 radical (unpaired) electrons. The van der Waals surface area contributed by atoms with Crippen LogP contribution in [0.5, 0.6) is 0 Å². The van der Waals surface area contributed by atoms with E-state index in [0.717, 1.165) is 12.2 Å². The number of ether oxygens (including phenoxy) is 1. The summed E-state index contributed by atoms with van der Waals surface area (Å²) in [7, 11) is 1.65. The number of nitrogens with one attached hydrogen (secondary N) is 1. The largest absolute Gasteiger partial charge is 0.383 e. The summed E-state index contributed by atoms with van der Waals surface area (Å²) in [5.41, 5.74) is 0.911. The molecule has 66 valence electrons. The molecule has 0 aromatic heterocycles. The maximum Gasteiger partial charge on any atom is 0.123 e. The van der Waals surface area contributed by atoms with Gasteiger partial charge in [-0.15, -0.1) is 0 Å². The lowest BCUT2D eigenvalue weighted by Gasteiger charge is -2.04. The molecule has 0 aliphatic carbocycles. The Morgan fingerprint density at radius 3 is 2.58 bits per heavy atom. The van der Waals surface area contributed by atoms with Crippen LogP contribution >= 0.6 is 0 Å². The fourth-order valence-electron chi connectivity index (χ4n) is 0.865. The molecule has 1 aromatic carbocycles. The second-order valence-electron chi connectivity index (χ2n) is 2.43. The second kappa shape index (κ2) is 4.72. The summed E-state index contributed by atoms with van der Waals surface area (Å²) in [5, 5.41) is 3.08. The first-order chi connectivity index (χ1) is 5.83. The van der Waals surface area contributed by atoms with Crippen molar-refractivity contribution in [1.29, 1.82) is 0 Å². The van der Waals surface area contributed by atoms with Gasteiger partial charge in [-0.2, -0.15) is 0 Å². The summed E-state index contributed by atoms with van der Waals surface area (Å²) < 4.78 is 17.3. The highest BCUT2D eigenvalue weighted by Gasteiger charge is 1.91. The van der Waals surface area contributed by atoms with Crippen LogP contribution in [0.1, 0.15) is 0 Å². The van der Waals surface area contributed by atoms with Crippen molar-refractivity contribution in [3.05, 3.63) is 30.1 Å². The fourth-order valence-corrected chi connectivity index (χ4v) is 0.865. The van der Waals surface area contributed by atoms with Gasteiger partial charge >= 0.3 is 0 Å². The molecule has 0 bridgehead atoms. The standard InChI is InChI=1S/C9H12FNO/c1-12-7-6-11-9-4-2-8(10)3-5-9/h2-5,11H,6-7H2,1H3. The predicted octanol–water partition coefficient (Wildman–Crippen LogP) is 1.88. The van der Waals surface area contributed by atoms with E-state index < -0.39 is 0 Å². The molecule has 0 saturated heterocycles. The molecule has 0 aliphatic rings. The minimum Gasteiger partial charge on any atom is -0.383 e. The lowest BCUT2D eigenvalue weighted by atomic mass is 10.3. The summed E-state index contributed by atoms with van der Waals surface area (Å²) >= 11 is 0. The minimum absolute atomic E-state index is 0.215. The Labute approximate surface area is 71.4 Å². The molecule has 0 unspecified atom stereocenters. The molecular weight excluding hydrogens is 157 g/mol. The van der Waals surface area contributed by atoms with Gasteiger partial charge < -0.3 is 10.1 Å². The zero-order valence-electron chi connectivity index (χ0n) is 7.01. The van der Waals surface area contributed by atoms with E-state index in [9.17, 15) is 4.39 Å². The zero-order valence-corrected chi connectivity index (χ0v) is 7.01. The highest BCUT2D eigenvalue weighted by atomic mass is 19.1. The van der Waals surface area contributed by atoms with E-state index >= 15 is 0 Å². The van der Waals surface area contributed by atoms with Gasteiger partial charge in [0, 0.05) is 19.3 Å². The van der Waals surface area contributed by atoms with Gasteiger partial charge in [0.25, 0.3) is 0 Å².